The summed E-state index contributed by atoms with van der Waals surface area (Å²) in [5.74, 6) is -0.783. The van der Waals surface area contributed by atoms with E-state index in [2.05, 4.69) is 9.72 Å². The van der Waals surface area contributed by atoms with Crippen molar-refractivity contribution in [1.29, 1.82) is 0 Å². The molecule has 0 spiro atoms. The van der Waals surface area contributed by atoms with Crippen LogP contribution in [0.5, 0.6) is 0 Å². The average Bonchev–Trinajstić information content (AvgIpc) is 2.28. The highest BCUT2D eigenvalue weighted by Gasteiger charge is 2.20. The molecule has 0 unspecified atom stereocenters. The fraction of sp³-hybridized carbons (Fsp3) is 0.400. The molecule has 0 saturated carbocycles. The number of hydrogen-bond acceptors (Lipinski definition) is 3. The summed E-state index contributed by atoms with van der Waals surface area (Å²) < 4.78 is 30.0. The first-order valence-electron chi connectivity index (χ1n) is 4.60. The molecular formula is C10H10ClF2NO2. The molecule has 0 bridgehead atoms. The van der Waals surface area contributed by atoms with Gasteiger partial charge in [-0.1, -0.05) is 0 Å². The maximum atomic E-state index is 12.7. The zero-order chi connectivity index (χ0) is 12.1. The lowest BCUT2D eigenvalue weighted by atomic mass is 10.1. The fourth-order valence-corrected chi connectivity index (χ4v) is 1.30. The van der Waals surface area contributed by atoms with Crippen LogP contribution in [-0.4, -0.2) is 17.6 Å². The second-order valence-corrected chi connectivity index (χ2v) is 3.18. The highest BCUT2D eigenvalue weighted by atomic mass is 35.5. The Bertz CT molecular complexity index is 385. The van der Waals surface area contributed by atoms with Gasteiger partial charge in [-0.2, -0.15) is 0 Å². The van der Waals surface area contributed by atoms with Crippen molar-refractivity contribution in [1.82, 2.24) is 4.98 Å². The van der Waals surface area contributed by atoms with Crippen LogP contribution in [0.1, 0.15) is 35.0 Å². The number of alkyl halides is 3. The summed E-state index contributed by atoms with van der Waals surface area (Å²) in [5.41, 5.74) is -0.320. The van der Waals surface area contributed by atoms with Gasteiger partial charge in [0.15, 0.2) is 0 Å². The predicted molar refractivity (Wildman–Crippen MR) is 54.7 cm³/mol. The lowest BCUT2D eigenvalue weighted by Gasteiger charge is -2.08. The van der Waals surface area contributed by atoms with Gasteiger partial charge in [-0.05, 0) is 13.0 Å². The molecule has 0 saturated heterocycles. The van der Waals surface area contributed by atoms with Gasteiger partial charge in [0.1, 0.15) is 0 Å². The van der Waals surface area contributed by atoms with Gasteiger partial charge in [0.05, 0.1) is 23.7 Å². The molecule has 0 N–H and O–H groups in total. The third kappa shape index (κ3) is 2.88. The van der Waals surface area contributed by atoms with Crippen LogP contribution >= 0.6 is 11.6 Å². The van der Waals surface area contributed by atoms with Crippen molar-refractivity contribution in [3.63, 3.8) is 0 Å². The molecule has 3 nitrogen and oxygen atoms in total. The Kier molecular flexibility index (Phi) is 4.61. The van der Waals surface area contributed by atoms with Gasteiger partial charge < -0.3 is 4.74 Å². The van der Waals surface area contributed by atoms with Crippen LogP contribution in [0.4, 0.5) is 8.78 Å². The molecule has 88 valence electrons. The molecule has 0 amide bonds. The Balaban J connectivity index is 3.12. The molecule has 0 radical (unpaired) electrons. The highest BCUT2D eigenvalue weighted by molar-refractivity contribution is 6.16. The van der Waals surface area contributed by atoms with Gasteiger partial charge in [0.2, 0.25) is 0 Å². The van der Waals surface area contributed by atoms with E-state index < -0.39 is 18.0 Å². The number of ether oxygens (including phenoxy) is 1. The van der Waals surface area contributed by atoms with Gasteiger partial charge in [-0.15, -0.1) is 11.6 Å². The Morgan fingerprint density at radius 1 is 1.62 bits per heavy atom. The van der Waals surface area contributed by atoms with Crippen molar-refractivity contribution in [3.05, 3.63) is 29.1 Å². The van der Waals surface area contributed by atoms with Gasteiger partial charge in [-0.3, -0.25) is 4.98 Å². The van der Waals surface area contributed by atoms with Crippen LogP contribution in [0.25, 0.3) is 0 Å². The van der Waals surface area contributed by atoms with E-state index in [1.807, 2.05) is 0 Å². The number of esters is 1. The number of carbonyl (C=O) groups excluding carboxylic acids is 1. The van der Waals surface area contributed by atoms with E-state index in [1.54, 1.807) is 6.92 Å². The minimum Gasteiger partial charge on any atom is -0.462 e. The summed E-state index contributed by atoms with van der Waals surface area (Å²) >= 11 is 5.47. The summed E-state index contributed by atoms with van der Waals surface area (Å²) in [5, 5.41) is 0. The first-order chi connectivity index (χ1) is 7.60. The standard InChI is InChI=1S/C10H10ClF2NO2/c1-2-16-10(15)8-5-14-6(4-11)3-7(8)9(12)13/h3,5,9H,2,4H2,1H3. The zero-order valence-corrected chi connectivity index (χ0v) is 9.30. The molecule has 1 rings (SSSR count). The lowest BCUT2D eigenvalue weighted by molar-refractivity contribution is 0.0515. The zero-order valence-electron chi connectivity index (χ0n) is 8.54. The third-order valence-corrected chi connectivity index (χ3v) is 2.13. The molecule has 0 aromatic carbocycles. The normalized spacial score (nSPS) is 10.6. The number of aromatic nitrogens is 1. The van der Waals surface area contributed by atoms with Crippen LogP contribution in [0.3, 0.4) is 0 Å². The summed E-state index contributed by atoms with van der Waals surface area (Å²) in [4.78, 5) is 15.1. The molecular weight excluding hydrogens is 240 g/mol. The van der Waals surface area contributed by atoms with E-state index >= 15 is 0 Å². The number of halogens is 3. The largest absolute Gasteiger partial charge is 0.462 e. The van der Waals surface area contributed by atoms with E-state index in [1.165, 1.54) is 0 Å². The summed E-state index contributed by atoms with van der Waals surface area (Å²) in [6, 6.07) is 1.12. The monoisotopic (exact) mass is 249 g/mol. The highest BCUT2D eigenvalue weighted by Crippen LogP contribution is 2.24. The quantitative estimate of drug-likeness (QED) is 0.608. The Morgan fingerprint density at radius 3 is 2.81 bits per heavy atom. The fourth-order valence-electron chi connectivity index (χ4n) is 1.15. The van der Waals surface area contributed by atoms with Crippen LogP contribution in [-0.2, 0) is 10.6 Å². The van der Waals surface area contributed by atoms with Gasteiger partial charge in [0, 0.05) is 11.8 Å². The third-order valence-electron chi connectivity index (χ3n) is 1.86. The Hall–Kier alpha value is -1.23. The smallest absolute Gasteiger partial charge is 0.340 e. The first kappa shape index (κ1) is 12.8. The van der Waals surface area contributed by atoms with Crippen molar-refractivity contribution in [2.45, 2.75) is 19.2 Å². The van der Waals surface area contributed by atoms with E-state index in [0.29, 0.717) is 5.69 Å². The first-order valence-corrected chi connectivity index (χ1v) is 5.13. The van der Waals surface area contributed by atoms with Gasteiger partial charge in [-0.25, -0.2) is 13.6 Å². The molecule has 0 aliphatic heterocycles. The van der Waals surface area contributed by atoms with Crippen LogP contribution in [0.2, 0.25) is 0 Å². The second kappa shape index (κ2) is 5.75. The molecule has 16 heavy (non-hydrogen) atoms. The van der Waals surface area contributed by atoms with Crippen molar-refractivity contribution >= 4 is 17.6 Å². The number of hydrogen-bond donors (Lipinski definition) is 0. The van der Waals surface area contributed by atoms with Crippen LogP contribution in [0, 0.1) is 0 Å². The lowest BCUT2D eigenvalue weighted by Crippen LogP contribution is -2.10. The number of pyridine rings is 1. The Labute approximate surface area is 96.4 Å². The van der Waals surface area contributed by atoms with Crippen molar-refractivity contribution in [3.8, 4) is 0 Å². The molecule has 0 aliphatic rings. The van der Waals surface area contributed by atoms with Crippen LogP contribution in [0.15, 0.2) is 12.3 Å². The maximum Gasteiger partial charge on any atom is 0.340 e. The van der Waals surface area contributed by atoms with E-state index in [0.717, 1.165) is 12.3 Å². The van der Waals surface area contributed by atoms with E-state index in [9.17, 15) is 13.6 Å². The summed E-state index contributed by atoms with van der Waals surface area (Å²) in [6.45, 7) is 1.72. The van der Waals surface area contributed by atoms with Crippen molar-refractivity contribution in [2.75, 3.05) is 6.61 Å². The molecule has 1 aromatic rings. The van der Waals surface area contributed by atoms with Gasteiger partial charge in [0.25, 0.3) is 6.43 Å². The SMILES string of the molecule is CCOC(=O)c1cnc(CCl)cc1C(F)F. The minimum atomic E-state index is -2.76. The van der Waals surface area contributed by atoms with Crippen LogP contribution < -0.4 is 0 Å². The summed E-state index contributed by atoms with van der Waals surface area (Å²) in [7, 11) is 0. The topological polar surface area (TPSA) is 39.2 Å². The average molecular weight is 250 g/mol. The molecule has 1 aromatic heterocycles. The number of rotatable bonds is 4. The molecule has 0 aliphatic carbocycles. The van der Waals surface area contributed by atoms with E-state index in [4.69, 9.17) is 11.6 Å². The summed E-state index contributed by atoms with van der Waals surface area (Å²) in [6.07, 6.45) is -1.69. The van der Waals surface area contributed by atoms with E-state index in [-0.39, 0.29) is 18.1 Å². The van der Waals surface area contributed by atoms with Crippen molar-refractivity contribution in [2.24, 2.45) is 0 Å². The Morgan fingerprint density at radius 2 is 2.31 bits per heavy atom. The molecule has 0 atom stereocenters. The maximum absolute atomic E-state index is 12.7. The molecule has 6 heteroatoms. The van der Waals surface area contributed by atoms with Crippen molar-refractivity contribution < 1.29 is 18.3 Å². The number of nitrogens with zero attached hydrogens (tertiary/aromatic N) is 1. The second-order valence-electron chi connectivity index (χ2n) is 2.92. The molecule has 1 heterocycles. The predicted octanol–water partition coefficient (Wildman–Crippen LogP) is 2.93. The molecule has 0 fully saturated rings. The number of carbonyl (C=O) groups is 1. The van der Waals surface area contributed by atoms with Gasteiger partial charge >= 0.3 is 5.97 Å². The minimum absolute atomic E-state index is 0.0167.